The van der Waals surface area contributed by atoms with E-state index in [1.54, 1.807) is 0 Å². The highest BCUT2D eigenvalue weighted by Crippen LogP contribution is 2.50. The van der Waals surface area contributed by atoms with E-state index in [9.17, 15) is 17.8 Å². The molecule has 23 aromatic rings. The number of benzene rings is 23. The Labute approximate surface area is 735 Å². The summed E-state index contributed by atoms with van der Waals surface area (Å²) in [4.78, 5) is 0. The highest BCUT2D eigenvalue weighted by molar-refractivity contribution is 6.27. The molecule has 0 aliphatic carbocycles. The number of rotatable bonds is 8. The summed E-state index contributed by atoms with van der Waals surface area (Å²) in [5.74, 6) is 0. The van der Waals surface area contributed by atoms with Crippen molar-refractivity contribution < 1.29 is 71.3 Å². The van der Waals surface area contributed by atoms with Crippen LogP contribution in [0.15, 0.2) is 448 Å². The van der Waals surface area contributed by atoms with Gasteiger partial charge >= 0.3 is 0 Å². The monoisotopic (exact) mass is 1490 g/mol. The average Bonchev–Trinajstić information content (AvgIpc) is 0.682. The van der Waals surface area contributed by atoms with Gasteiger partial charge in [-0.15, -0.1) is 0 Å². The Bertz CT molecular complexity index is 10900. The molecule has 0 N–H and O–H groups in total. The van der Waals surface area contributed by atoms with Crippen LogP contribution in [-0.4, -0.2) is 0 Å². The van der Waals surface area contributed by atoms with Gasteiger partial charge in [-0.25, -0.2) is 0 Å². The largest absolute Gasteiger partial charge is 0.0636 e. The first kappa shape index (κ1) is 32.6. The molecule has 0 aliphatic rings. The van der Waals surface area contributed by atoms with Crippen molar-refractivity contribution in [2.75, 3.05) is 0 Å². The summed E-state index contributed by atoms with van der Waals surface area (Å²) >= 11 is 0. The minimum absolute atomic E-state index is 0.202. The molecule has 23 rings (SSSR count). The molecule has 0 nitrogen and oxygen atoms in total. The number of hydrogen-bond acceptors (Lipinski definition) is 0. The molecule has 0 saturated carbocycles. The topological polar surface area (TPSA) is 0 Å². The summed E-state index contributed by atoms with van der Waals surface area (Å²) in [6, 6.07) is 3.17. The van der Waals surface area contributed by atoms with Gasteiger partial charge in [-0.2, -0.15) is 0 Å². The van der Waals surface area contributed by atoms with E-state index in [1.165, 1.54) is 5.39 Å². The van der Waals surface area contributed by atoms with Gasteiger partial charge in [0.15, 0.2) is 0 Å². The predicted octanol–water partition coefficient (Wildman–Crippen LogP) is 32.2. The van der Waals surface area contributed by atoms with Crippen molar-refractivity contribution >= 4 is 129 Å². The van der Waals surface area contributed by atoms with Gasteiger partial charge in [-0.1, -0.05) is 417 Å². The van der Waals surface area contributed by atoms with Crippen molar-refractivity contribution in [3.8, 4) is 89.0 Å². The SMILES string of the molecule is [2H]c1c([2H])c([2H])c(-c2ccc3c(-c4ccc5ccccc5c4)c4ccccc4c(-c4ccc5ccccc5c4)c3c2)c([2H])c1[2H].[2H]c1c([2H])c([2H])c2c([2H])c(-c3c4c([2H])c([2H])c([2H])c([2H])c4c(-c4c([2H])c([2H])c([2H])c5c([2H])c([2H])c([2H])c([2H])c45)c4c([2H])c([2H])c([2H])c([2H])c34)c([2H])c([2H])c2c1[2H].[2H]c1cc2c(-c3c([2H])c([2H])c([2H])c4c([2H])c([2H])c([2H])c([2H])c34)c3c([2H])c([2H])c([2H])c([2H])c3c(-c3c([2H])c([2H])c(-c4c([2H])c([2H])c5c([2H])c([2H])c([2H])c([2H])c5c4[2H])c([2H])c3[2H])c2c([2H])c1[2H]. The predicted molar refractivity (Wildman–Crippen MR) is 493 cm³/mol. The second-order valence-electron chi connectivity index (χ2n) is 26.0. The van der Waals surface area contributed by atoms with Crippen molar-refractivity contribution in [2.45, 2.75) is 0 Å². The smallest absolute Gasteiger partial charge is 0.0622 e. The normalized spacial score (nSPS) is 17.9. The quantitative estimate of drug-likeness (QED) is 0.133. The van der Waals surface area contributed by atoms with Gasteiger partial charge in [0.1, 0.15) is 0 Å². The van der Waals surface area contributed by atoms with E-state index in [-0.39, 0.29) is 29.7 Å². The molecule has 530 valence electrons. The highest BCUT2D eigenvalue weighted by atomic mass is 14.3. The van der Waals surface area contributed by atoms with Crippen LogP contribution in [0.1, 0.15) is 71.3 Å². The lowest BCUT2D eigenvalue weighted by Crippen LogP contribution is -1.92. The molecule has 0 aromatic heterocycles. The first-order valence-electron chi connectivity index (χ1n) is 61.3. The van der Waals surface area contributed by atoms with Crippen LogP contribution in [0.2, 0.25) is 0 Å². The minimum atomic E-state index is -1.02. The second-order valence-corrected chi connectivity index (χ2v) is 26.0. The maximum absolute atomic E-state index is 9.42. The highest BCUT2D eigenvalue weighted by Gasteiger charge is 2.23. The summed E-state index contributed by atoms with van der Waals surface area (Å²) in [5, 5.41) is -0.356. The van der Waals surface area contributed by atoms with Gasteiger partial charge in [0.25, 0.3) is 0 Å². The van der Waals surface area contributed by atoms with Crippen LogP contribution in [-0.2, 0) is 0 Å². The third-order valence-electron chi connectivity index (χ3n) is 19.7. The van der Waals surface area contributed by atoms with Gasteiger partial charge in [-0.3, -0.25) is 0 Å². The van der Waals surface area contributed by atoms with Crippen molar-refractivity contribution in [1.82, 2.24) is 0 Å². The Morgan fingerprint density at radius 1 is 0.132 bits per heavy atom. The lowest BCUT2D eigenvalue weighted by Gasteiger charge is -2.19. The fraction of sp³-hybridized carbons (Fsp3) is 0. The Morgan fingerprint density at radius 2 is 0.465 bits per heavy atom. The molecule has 0 radical (unpaired) electrons. The number of hydrogen-bond donors (Lipinski definition) is 0. The summed E-state index contributed by atoms with van der Waals surface area (Å²) in [7, 11) is 0. The summed E-state index contributed by atoms with van der Waals surface area (Å²) < 4.78 is 456. The zero-order valence-electron chi connectivity index (χ0n) is 111. The number of fused-ring (bicyclic) bond motifs is 12. The molecular weight excluding hydrogens is 1370 g/mol. The molecule has 0 aliphatic heterocycles. The van der Waals surface area contributed by atoms with Crippen molar-refractivity contribution in [3.63, 3.8) is 0 Å². The van der Waals surface area contributed by atoms with Crippen LogP contribution in [0.5, 0.6) is 0 Å². The van der Waals surface area contributed by atoms with E-state index in [0.717, 1.165) is 66.0 Å². The van der Waals surface area contributed by atoms with Crippen molar-refractivity contribution in [2.24, 2.45) is 0 Å². The van der Waals surface area contributed by atoms with E-state index in [4.69, 9.17) is 53.5 Å². The van der Waals surface area contributed by atoms with Crippen LogP contribution < -0.4 is 0 Å². The Hall–Kier alpha value is -14.8. The Balaban J connectivity index is 0.000000144. The van der Waals surface area contributed by atoms with Crippen LogP contribution in [0.3, 0.4) is 0 Å². The van der Waals surface area contributed by atoms with Gasteiger partial charge in [-0.05, 0) is 249 Å². The molecule has 0 spiro atoms. The molecule has 0 heteroatoms. The fourth-order valence-electron chi connectivity index (χ4n) is 14.7. The lowest BCUT2D eigenvalue weighted by atomic mass is 9.84. The molecule has 0 saturated heterocycles. The van der Waals surface area contributed by atoms with Gasteiger partial charge in [0, 0.05) is 0 Å². The third kappa shape index (κ3) is 12.0. The molecule has 0 bridgehead atoms. The van der Waals surface area contributed by atoms with Crippen LogP contribution >= 0.6 is 0 Å². The molecule has 0 heterocycles. The van der Waals surface area contributed by atoms with E-state index in [2.05, 4.69) is 91.0 Å². The Morgan fingerprint density at radius 3 is 1.00 bits per heavy atom. The van der Waals surface area contributed by atoms with Crippen molar-refractivity contribution in [1.29, 1.82) is 0 Å². The molecule has 0 unspecified atom stereocenters. The van der Waals surface area contributed by atoms with Crippen LogP contribution in [0.25, 0.3) is 218 Å². The maximum atomic E-state index is 9.42. The van der Waals surface area contributed by atoms with Crippen LogP contribution in [0, 0.1) is 0 Å². The zero-order chi connectivity index (χ0) is 121. The second kappa shape index (κ2) is 28.9. The van der Waals surface area contributed by atoms with Crippen LogP contribution in [0.4, 0.5) is 0 Å². The van der Waals surface area contributed by atoms with Gasteiger partial charge < -0.3 is 0 Å². The summed E-state index contributed by atoms with van der Waals surface area (Å²) in [6.45, 7) is 0. The molecule has 0 fully saturated rings. The Kier molecular flexibility index (Phi) is 8.27. The van der Waals surface area contributed by atoms with Gasteiger partial charge in [0.2, 0.25) is 0 Å². The first-order chi connectivity index (χ1) is 78.2. The standard InChI is InChI=1S/2C40H26.C34H22/c1-2-12-31-26-32(25-22-27(31)10-1)28-20-23-30(24-21-28)39-35-15-5-7-17-37(35)40(38-18-8-6-16-36(38)39)34-19-9-13-29-11-3-4-14-33(29)34;1-2-10-27(11-3-1)32-22-23-37-38(26-32)40(34-21-19-29-13-5-7-15-31(29)25-34)36-17-9-8-16-35(36)39(37)33-20-18-28-12-4-6-14-30(28)24-33;1-2-12-25-22-26(21-20-23(25)10-1)33-29-15-5-7-17-31(29)34(32-18-8-6-16-30(32)33)28-19-9-13-24-11-3-4-14-27(24)28/h2*1-26H;1-22H/i1D,2D,3D,4D,5D,6D,7D,8D,9D,10D,11D,12D,13D,14D,15D,16D,17D,19D,20D,21D,22D,23D,24D,25D,26D;1D,2D,3D,10D,11D;1D,2D,3D,4D,5D,6D,7D,8D,9D,10D,11D,12D,13D,14D,15D,16D,17D,18D,19D,20D,21D,22D. The van der Waals surface area contributed by atoms with E-state index in [0.29, 0.717) is 5.56 Å². The molecular formula is C114H74. The summed E-state index contributed by atoms with van der Waals surface area (Å²) in [5.41, 5.74) is -1.49. The summed E-state index contributed by atoms with van der Waals surface area (Å²) in [6.07, 6.45) is 0. The van der Waals surface area contributed by atoms with Gasteiger partial charge in [0.05, 0.1) is 71.3 Å². The van der Waals surface area contributed by atoms with E-state index < -0.39 is 432 Å². The molecule has 0 amide bonds. The van der Waals surface area contributed by atoms with E-state index in [1.807, 2.05) is 36.4 Å². The molecule has 0 atom stereocenters. The van der Waals surface area contributed by atoms with E-state index >= 15 is 0 Å². The first-order valence-corrected chi connectivity index (χ1v) is 35.3. The van der Waals surface area contributed by atoms with Crippen molar-refractivity contribution in [3.05, 3.63) is 448 Å². The zero-order valence-corrected chi connectivity index (χ0v) is 58.7. The average molecular weight is 1500 g/mol. The fourth-order valence-corrected chi connectivity index (χ4v) is 14.7. The third-order valence-corrected chi connectivity index (χ3v) is 19.7. The molecule has 114 heavy (non-hydrogen) atoms. The minimum Gasteiger partial charge on any atom is -0.0622 e. The molecule has 23 aromatic carbocycles. The lowest BCUT2D eigenvalue weighted by molar-refractivity contribution is 1.63. The maximum Gasteiger partial charge on any atom is 0.0636 e.